The molecule has 204 valence electrons. The van der Waals surface area contributed by atoms with Crippen molar-refractivity contribution in [1.29, 1.82) is 0 Å². The maximum absolute atomic E-state index is 14.6. The quantitative estimate of drug-likeness (QED) is 0.298. The van der Waals surface area contributed by atoms with E-state index in [1.54, 1.807) is 6.07 Å². The van der Waals surface area contributed by atoms with Gasteiger partial charge in [-0.2, -0.15) is 13.9 Å². The van der Waals surface area contributed by atoms with Gasteiger partial charge in [0.25, 0.3) is 0 Å². The highest BCUT2D eigenvalue weighted by Crippen LogP contribution is 2.35. The summed E-state index contributed by atoms with van der Waals surface area (Å²) in [6.07, 6.45) is 5.20. The van der Waals surface area contributed by atoms with Crippen LogP contribution in [0.4, 0.5) is 34.9 Å². The number of pyridine rings is 1. The van der Waals surface area contributed by atoms with E-state index < -0.39 is 30.3 Å². The molecule has 0 spiro atoms. The van der Waals surface area contributed by atoms with Crippen LogP contribution in [0.2, 0.25) is 0 Å². The van der Waals surface area contributed by atoms with E-state index in [0.29, 0.717) is 52.9 Å². The van der Waals surface area contributed by atoms with Crippen LogP contribution in [-0.2, 0) is 0 Å². The van der Waals surface area contributed by atoms with E-state index in [4.69, 9.17) is 10.5 Å². The van der Waals surface area contributed by atoms with Crippen LogP contribution in [0.25, 0.3) is 22.5 Å². The number of alkyl halides is 2. The van der Waals surface area contributed by atoms with Gasteiger partial charge in [-0.25, -0.2) is 28.4 Å². The molecule has 1 aromatic carbocycles. The van der Waals surface area contributed by atoms with Crippen LogP contribution < -0.4 is 20.7 Å². The molecule has 1 fully saturated rings. The van der Waals surface area contributed by atoms with Crippen molar-refractivity contribution in [3.63, 3.8) is 0 Å². The third-order valence-corrected chi connectivity index (χ3v) is 6.33. The van der Waals surface area contributed by atoms with Crippen molar-refractivity contribution in [2.75, 3.05) is 30.4 Å². The number of nitrogens with zero attached hydrogens (tertiary/aromatic N) is 6. The van der Waals surface area contributed by atoms with E-state index in [2.05, 4.69) is 25.4 Å². The molecule has 2 atom stereocenters. The van der Waals surface area contributed by atoms with Crippen LogP contribution >= 0.6 is 0 Å². The van der Waals surface area contributed by atoms with Gasteiger partial charge in [-0.1, -0.05) is 0 Å². The first-order chi connectivity index (χ1) is 18.7. The summed E-state index contributed by atoms with van der Waals surface area (Å²) >= 11 is 0. The first kappa shape index (κ1) is 26.3. The van der Waals surface area contributed by atoms with Gasteiger partial charge in [0.1, 0.15) is 29.0 Å². The van der Waals surface area contributed by atoms with Gasteiger partial charge in [-0.05, 0) is 12.5 Å². The summed E-state index contributed by atoms with van der Waals surface area (Å²) in [5, 5.41) is 16.8. The molecule has 1 aliphatic heterocycles. The Hall–Kier alpha value is -4.30. The first-order valence-corrected chi connectivity index (χ1v) is 11.9. The van der Waals surface area contributed by atoms with Crippen LogP contribution in [0.5, 0.6) is 5.75 Å². The third-order valence-electron chi connectivity index (χ3n) is 6.33. The van der Waals surface area contributed by atoms with Crippen LogP contribution in [0.3, 0.4) is 0 Å². The lowest BCUT2D eigenvalue weighted by Crippen LogP contribution is -2.51. The molecule has 14 heteroatoms. The van der Waals surface area contributed by atoms with Gasteiger partial charge in [0.15, 0.2) is 5.82 Å². The summed E-state index contributed by atoms with van der Waals surface area (Å²) in [7, 11) is 1.28. The highest BCUT2D eigenvalue weighted by Gasteiger charge is 2.27. The molecular weight excluding hydrogens is 520 g/mol. The predicted molar refractivity (Wildman–Crippen MR) is 135 cm³/mol. The molecule has 4 aromatic rings. The lowest BCUT2D eigenvalue weighted by atomic mass is 10.0. The average molecular weight is 545 g/mol. The second-order valence-corrected chi connectivity index (χ2v) is 8.89. The Kier molecular flexibility index (Phi) is 7.30. The number of nitrogens with one attached hydrogen (secondary N) is 1. The number of hydrogen-bond donors (Lipinski definition) is 3. The highest BCUT2D eigenvalue weighted by molar-refractivity contribution is 5.80. The molecule has 10 nitrogen and oxygen atoms in total. The number of benzene rings is 1. The standard InChI is InChI=1S/C25H24F4N8O2/c1-39-20-7-14(26)6-16(27)23(20)24-31-4-2-21(35-24)34-22-8-18(36-5-3-19(38)17(30)12-36)15(10-32-22)13-9-33-37(11-13)25(28)29/h2,4,6-11,17,19,25,38H,3,5,12,30H2,1H3,(H,31,32,34,35)/t17-,19-/m1/s1. The van der Waals surface area contributed by atoms with Crippen molar-refractivity contribution in [3.05, 3.63) is 60.7 Å². The predicted octanol–water partition coefficient (Wildman–Crippen LogP) is 3.73. The van der Waals surface area contributed by atoms with E-state index in [0.717, 1.165) is 6.07 Å². The average Bonchev–Trinajstić information content (AvgIpc) is 3.40. The van der Waals surface area contributed by atoms with E-state index in [-0.39, 0.29) is 23.0 Å². The third kappa shape index (κ3) is 5.47. The Bertz CT molecular complexity index is 1480. The number of halogens is 4. The van der Waals surface area contributed by atoms with Gasteiger partial charge in [-0.3, -0.25) is 0 Å². The molecular formula is C25H24F4N8O2. The Morgan fingerprint density at radius 3 is 2.69 bits per heavy atom. The van der Waals surface area contributed by atoms with Crippen molar-refractivity contribution in [2.45, 2.75) is 25.1 Å². The van der Waals surface area contributed by atoms with Gasteiger partial charge < -0.3 is 25.8 Å². The SMILES string of the molecule is COc1cc(F)cc(F)c1-c1nccc(Nc2cc(N3CC[C@@H](O)[C@H](N)C3)c(-c3cnn(C(F)F)c3)cn2)n1. The van der Waals surface area contributed by atoms with Crippen LogP contribution in [-0.4, -0.2) is 62.2 Å². The number of aliphatic hydroxyl groups is 1. The molecule has 1 aliphatic rings. The second-order valence-electron chi connectivity index (χ2n) is 8.89. The van der Waals surface area contributed by atoms with Crippen molar-refractivity contribution >= 4 is 17.3 Å². The van der Waals surface area contributed by atoms with E-state index >= 15 is 0 Å². The number of piperidine rings is 1. The molecule has 5 rings (SSSR count). The fraction of sp³-hybridized carbons (Fsp3) is 0.280. The lowest BCUT2D eigenvalue weighted by Gasteiger charge is -2.36. The maximum Gasteiger partial charge on any atom is 0.333 e. The first-order valence-electron chi connectivity index (χ1n) is 11.9. The molecule has 0 unspecified atom stereocenters. The second kappa shape index (κ2) is 10.8. The smallest absolute Gasteiger partial charge is 0.333 e. The zero-order valence-corrected chi connectivity index (χ0v) is 20.6. The Labute approximate surface area is 220 Å². The molecule has 4 heterocycles. The summed E-state index contributed by atoms with van der Waals surface area (Å²) < 4.78 is 60.2. The van der Waals surface area contributed by atoms with Gasteiger partial charge >= 0.3 is 6.55 Å². The van der Waals surface area contributed by atoms with Crippen molar-refractivity contribution in [1.82, 2.24) is 24.7 Å². The minimum atomic E-state index is -2.80. The van der Waals surface area contributed by atoms with Gasteiger partial charge in [0, 0.05) is 72.7 Å². The Morgan fingerprint density at radius 1 is 1.15 bits per heavy atom. The molecule has 1 saturated heterocycles. The molecule has 3 aromatic heterocycles. The van der Waals surface area contributed by atoms with Gasteiger partial charge in [-0.15, -0.1) is 0 Å². The fourth-order valence-corrected chi connectivity index (χ4v) is 4.38. The number of anilines is 3. The number of aromatic nitrogens is 5. The van der Waals surface area contributed by atoms with Gasteiger partial charge in [0.2, 0.25) is 0 Å². The van der Waals surface area contributed by atoms with Gasteiger partial charge in [0.05, 0.1) is 25.0 Å². The molecule has 39 heavy (non-hydrogen) atoms. The number of aliphatic hydroxyl groups excluding tert-OH is 1. The number of ether oxygens (including phenoxy) is 1. The number of rotatable bonds is 7. The fourth-order valence-electron chi connectivity index (χ4n) is 4.38. The zero-order valence-electron chi connectivity index (χ0n) is 20.6. The minimum absolute atomic E-state index is 0.0402. The summed E-state index contributed by atoms with van der Waals surface area (Å²) in [4.78, 5) is 14.8. The maximum atomic E-state index is 14.6. The molecule has 0 saturated carbocycles. The number of methoxy groups -OCH3 is 1. The van der Waals surface area contributed by atoms with Crippen LogP contribution in [0.15, 0.2) is 49.1 Å². The Balaban J connectivity index is 1.50. The lowest BCUT2D eigenvalue weighted by molar-refractivity contribution is 0.0566. The topological polar surface area (TPSA) is 127 Å². The van der Waals surface area contributed by atoms with Crippen molar-refractivity contribution in [2.24, 2.45) is 5.73 Å². The highest BCUT2D eigenvalue weighted by atomic mass is 19.3. The summed E-state index contributed by atoms with van der Waals surface area (Å²) in [6.45, 7) is -2.01. The molecule has 0 radical (unpaired) electrons. The van der Waals surface area contributed by atoms with E-state index in [9.17, 15) is 22.7 Å². The number of hydrogen-bond acceptors (Lipinski definition) is 9. The normalized spacial score (nSPS) is 17.5. The minimum Gasteiger partial charge on any atom is -0.496 e. The van der Waals surface area contributed by atoms with Crippen LogP contribution in [0, 0.1) is 11.6 Å². The monoisotopic (exact) mass is 544 g/mol. The van der Waals surface area contributed by atoms with E-state index in [1.807, 2.05) is 4.90 Å². The zero-order chi connectivity index (χ0) is 27.7. The molecule has 0 bridgehead atoms. The molecule has 4 N–H and O–H groups in total. The van der Waals surface area contributed by atoms with Crippen molar-refractivity contribution in [3.8, 4) is 28.3 Å². The Morgan fingerprint density at radius 2 is 1.97 bits per heavy atom. The summed E-state index contributed by atoms with van der Waals surface area (Å²) in [5.74, 6) is -1.20. The summed E-state index contributed by atoms with van der Waals surface area (Å²) in [5.41, 5.74) is 7.58. The van der Waals surface area contributed by atoms with E-state index in [1.165, 1.54) is 38.0 Å². The number of nitrogens with two attached hydrogens (primary N) is 1. The molecule has 0 aliphatic carbocycles. The van der Waals surface area contributed by atoms with Crippen LogP contribution in [0.1, 0.15) is 13.0 Å². The van der Waals surface area contributed by atoms with Crippen molar-refractivity contribution < 1.29 is 27.4 Å². The summed E-state index contributed by atoms with van der Waals surface area (Å²) in [6, 6.07) is 4.46. The molecule has 0 amide bonds. The largest absolute Gasteiger partial charge is 0.496 e.